The van der Waals surface area contributed by atoms with Gasteiger partial charge in [-0.3, -0.25) is 0 Å². The Bertz CT molecular complexity index is 314. The molecule has 1 aromatic rings. The number of hydrogen-bond acceptors (Lipinski definition) is 4. The molecular weight excluding hydrogens is 178 g/mol. The number of aromatic nitrogens is 2. The Labute approximate surface area is 83.4 Å². The van der Waals surface area contributed by atoms with E-state index in [1.54, 1.807) is 0 Å². The first kappa shape index (κ1) is 9.40. The minimum absolute atomic E-state index is 0.128. The minimum atomic E-state index is -0.128. The molecule has 1 aromatic heterocycles. The molecule has 0 aliphatic heterocycles. The molecule has 1 heterocycles. The van der Waals surface area contributed by atoms with Crippen LogP contribution in [0.3, 0.4) is 0 Å². The second kappa shape index (κ2) is 3.53. The van der Waals surface area contributed by atoms with Crippen LogP contribution in [-0.4, -0.2) is 27.2 Å². The van der Waals surface area contributed by atoms with E-state index in [-0.39, 0.29) is 6.10 Å². The van der Waals surface area contributed by atoms with Gasteiger partial charge in [0.25, 0.3) is 0 Å². The summed E-state index contributed by atoms with van der Waals surface area (Å²) < 4.78 is 0. The molecule has 0 amide bonds. The molecule has 1 fully saturated rings. The second-order valence-electron chi connectivity index (χ2n) is 3.91. The summed E-state index contributed by atoms with van der Waals surface area (Å²) in [6.45, 7) is 3.84. The van der Waals surface area contributed by atoms with Gasteiger partial charge in [-0.25, -0.2) is 9.97 Å². The van der Waals surface area contributed by atoms with Crippen molar-refractivity contribution >= 4 is 5.82 Å². The summed E-state index contributed by atoms with van der Waals surface area (Å²) in [6, 6.07) is 2.30. The first-order valence-corrected chi connectivity index (χ1v) is 4.90. The van der Waals surface area contributed by atoms with Crippen molar-refractivity contribution in [2.75, 3.05) is 5.32 Å². The van der Waals surface area contributed by atoms with Crippen LogP contribution in [0.4, 0.5) is 5.82 Å². The lowest BCUT2D eigenvalue weighted by Gasteiger charge is -2.32. The van der Waals surface area contributed by atoms with Crippen LogP contribution >= 0.6 is 0 Å². The van der Waals surface area contributed by atoms with Gasteiger partial charge in [0, 0.05) is 17.8 Å². The van der Waals surface area contributed by atoms with Gasteiger partial charge in [0.1, 0.15) is 11.6 Å². The molecular formula is C10H15N3O. The summed E-state index contributed by atoms with van der Waals surface area (Å²) >= 11 is 0. The number of rotatable bonds is 2. The topological polar surface area (TPSA) is 58.0 Å². The monoisotopic (exact) mass is 193 g/mol. The molecule has 1 aliphatic rings. The van der Waals surface area contributed by atoms with E-state index in [0.717, 1.165) is 30.2 Å². The smallest absolute Gasteiger partial charge is 0.130 e. The fraction of sp³-hybridized carbons (Fsp3) is 0.600. The largest absolute Gasteiger partial charge is 0.393 e. The Kier molecular flexibility index (Phi) is 2.37. The van der Waals surface area contributed by atoms with Crippen LogP contribution in [0.15, 0.2) is 6.07 Å². The van der Waals surface area contributed by atoms with Gasteiger partial charge in [0.05, 0.1) is 6.10 Å². The van der Waals surface area contributed by atoms with Gasteiger partial charge < -0.3 is 10.4 Å². The fourth-order valence-electron chi connectivity index (χ4n) is 1.71. The van der Waals surface area contributed by atoms with E-state index >= 15 is 0 Å². The van der Waals surface area contributed by atoms with Crippen molar-refractivity contribution in [1.82, 2.24) is 9.97 Å². The van der Waals surface area contributed by atoms with Crippen LogP contribution in [0, 0.1) is 13.8 Å². The zero-order valence-corrected chi connectivity index (χ0v) is 8.49. The average Bonchev–Trinajstić information content (AvgIpc) is 1.99. The van der Waals surface area contributed by atoms with Crippen molar-refractivity contribution in [2.45, 2.75) is 38.8 Å². The Morgan fingerprint density at radius 3 is 2.64 bits per heavy atom. The molecule has 1 aliphatic carbocycles. The van der Waals surface area contributed by atoms with Crippen LogP contribution in [0.2, 0.25) is 0 Å². The molecule has 0 spiro atoms. The van der Waals surface area contributed by atoms with E-state index in [4.69, 9.17) is 5.11 Å². The Morgan fingerprint density at radius 1 is 1.36 bits per heavy atom. The van der Waals surface area contributed by atoms with Gasteiger partial charge in [0.2, 0.25) is 0 Å². The highest BCUT2D eigenvalue weighted by atomic mass is 16.3. The fourth-order valence-corrected chi connectivity index (χ4v) is 1.71. The third-order valence-corrected chi connectivity index (χ3v) is 2.43. The van der Waals surface area contributed by atoms with E-state index in [2.05, 4.69) is 15.3 Å². The van der Waals surface area contributed by atoms with Crippen molar-refractivity contribution < 1.29 is 5.11 Å². The molecule has 14 heavy (non-hydrogen) atoms. The summed E-state index contributed by atoms with van der Waals surface area (Å²) in [4.78, 5) is 8.48. The van der Waals surface area contributed by atoms with Crippen LogP contribution in [-0.2, 0) is 0 Å². The molecule has 0 unspecified atom stereocenters. The van der Waals surface area contributed by atoms with Crippen molar-refractivity contribution in [3.8, 4) is 0 Å². The van der Waals surface area contributed by atoms with E-state index < -0.39 is 0 Å². The van der Waals surface area contributed by atoms with Gasteiger partial charge >= 0.3 is 0 Å². The van der Waals surface area contributed by atoms with Crippen LogP contribution in [0.1, 0.15) is 24.4 Å². The number of hydrogen-bond donors (Lipinski definition) is 2. The first-order valence-electron chi connectivity index (χ1n) is 4.90. The quantitative estimate of drug-likeness (QED) is 0.736. The molecule has 0 bridgehead atoms. The maximum atomic E-state index is 9.13. The highest BCUT2D eigenvalue weighted by Crippen LogP contribution is 2.23. The Balaban J connectivity index is 2.02. The van der Waals surface area contributed by atoms with Crippen molar-refractivity contribution in [2.24, 2.45) is 0 Å². The summed E-state index contributed by atoms with van der Waals surface area (Å²) in [5, 5.41) is 12.4. The third-order valence-electron chi connectivity index (χ3n) is 2.43. The first-order chi connectivity index (χ1) is 6.63. The zero-order valence-electron chi connectivity index (χ0n) is 8.49. The maximum Gasteiger partial charge on any atom is 0.130 e. The van der Waals surface area contributed by atoms with Crippen LogP contribution < -0.4 is 5.32 Å². The standard InChI is InChI=1S/C10H15N3O/c1-6-3-10(12-7(2)11-6)13-8-4-9(14)5-8/h3,8-9,14H,4-5H2,1-2H3,(H,11,12,13)/t8-,9+. The van der Waals surface area contributed by atoms with E-state index in [9.17, 15) is 0 Å². The number of nitrogens with zero attached hydrogens (tertiary/aromatic N) is 2. The van der Waals surface area contributed by atoms with Gasteiger partial charge in [-0.2, -0.15) is 0 Å². The summed E-state index contributed by atoms with van der Waals surface area (Å²) in [6.07, 6.45) is 1.51. The van der Waals surface area contributed by atoms with Crippen molar-refractivity contribution in [3.63, 3.8) is 0 Å². The molecule has 4 nitrogen and oxygen atoms in total. The molecule has 1 saturated carbocycles. The molecule has 0 radical (unpaired) electrons. The molecule has 4 heteroatoms. The average molecular weight is 193 g/mol. The van der Waals surface area contributed by atoms with Crippen LogP contribution in [0.25, 0.3) is 0 Å². The molecule has 0 atom stereocenters. The summed E-state index contributed by atoms with van der Waals surface area (Å²) in [7, 11) is 0. The number of aliphatic hydroxyl groups excluding tert-OH is 1. The molecule has 2 rings (SSSR count). The summed E-state index contributed by atoms with van der Waals surface area (Å²) in [5.74, 6) is 1.65. The van der Waals surface area contributed by atoms with Crippen molar-refractivity contribution in [1.29, 1.82) is 0 Å². The maximum absolute atomic E-state index is 9.13. The minimum Gasteiger partial charge on any atom is -0.393 e. The predicted octanol–water partition coefficient (Wildman–Crippen LogP) is 1.03. The number of aryl methyl sites for hydroxylation is 2. The lowest BCUT2D eigenvalue weighted by atomic mass is 9.89. The SMILES string of the molecule is Cc1cc(N[C@H]2C[C@@H](O)C2)nc(C)n1. The van der Waals surface area contributed by atoms with Crippen LogP contribution in [0.5, 0.6) is 0 Å². The lowest BCUT2D eigenvalue weighted by molar-refractivity contribution is 0.0835. The van der Waals surface area contributed by atoms with Gasteiger partial charge in [-0.1, -0.05) is 0 Å². The number of nitrogens with one attached hydrogen (secondary N) is 1. The van der Waals surface area contributed by atoms with E-state index in [1.807, 2.05) is 19.9 Å². The third kappa shape index (κ3) is 2.01. The molecule has 76 valence electrons. The second-order valence-corrected chi connectivity index (χ2v) is 3.91. The highest BCUT2D eigenvalue weighted by molar-refractivity contribution is 5.37. The molecule has 2 N–H and O–H groups in total. The zero-order chi connectivity index (χ0) is 10.1. The number of aliphatic hydroxyl groups is 1. The summed E-state index contributed by atoms with van der Waals surface area (Å²) in [5.41, 5.74) is 0.972. The van der Waals surface area contributed by atoms with Crippen molar-refractivity contribution in [3.05, 3.63) is 17.6 Å². The predicted molar refractivity (Wildman–Crippen MR) is 54.2 cm³/mol. The van der Waals surface area contributed by atoms with Gasteiger partial charge in [0.15, 0.2) is 0 Å². The Morgan fingerprint density at radius 2 is 2.07 bits per heavy atom. The highest BCUT2D eigenvalue weighted by Gasteiger charge is 2.27. The molecule has 0 aromatic carbocycles. The normalized spacial score (nSPS) is 25.6. The Hall–Kier alpha value is -1.16. The van der Waals surface area contributed by atoms with E-state index in [0.29, 0.717) is 6.04 Å². The molecule has 0 saturated heterocycles. The van der Waals surface area contributed by atoms with Gasteiger partial charge in [-0.05, 0) is 26.7 Å². The number of anilines is 1. The van der Waals surface area contributed by atoms with Gasteiger partial charge in [-0.15, -0.1) is 0 Å². The van der Waals surface area contributed by atoms with E-state index in [1.165, 1.54) is 0 Å². The lowest BCUT2D eigenvalue weighted by Crippen LogP contribution is -2.39.